The van der Waals surface area contributed by atoms with Gasteiger partial charge in [-0.25, -0.2) is 4.98 Å². The van der Waals surface area contributed by atoms with Gasteiger partial charge in [0.1, 0.15) is 5.01 Å². The molecule has 0 saturated carbocycles. The predicted molar refractivity (Wildman–Crippen MR) is 78.1 cm³/mol. The molecule has 1 atom stereocenters. The Morgan fingerprint density at radius 1 is 1.42 bits per heavy atom. The minimum absolute atomic E-state index is 0.333. The molecule has 19 heavy (non-hydrogen) atoms. The van der Waals surface area contributed by atoms with E-state index in [1.165, 1.54) is 0 Å². The van der Waals surface area contributed by atoms with Crippen molar-refractivity contribution in [2.24, 2.45) is 0 Å². The molecular weight excluding hydrogens is 258 g/mol. The van der Waals surface area contributed by atoms with Crippen molar-refractivity contribution in [3.8, 4) is 10.7 Å². The van der Waals surface area contributed by atoms with Crippen molar-refractivity contribution in [3.63, 3.8) is 0 Å². The van der Waals surface area contributed by atoms with Gasteiger partial charge in [-0.15, -0.1) is 11.3 Å². The lowest BCUT2D eigenvalue weighted by atomic mass is 10.3. The van der Waals surface area contributed by atoms with Crippen LogP contribution in [0.5, 0.6) is 0 Å². The lowest BCUT2D eigenvalue weighted by Crippen LogP contribution is -2.30. The molecule has 5 heteroatoms. The summed E-state index contributed by atoms with van der Waals surface area (Å²) in [6, 6.07) is 6.20. The molecule has 0 radical (unpaired) electrons. The van der Waals surface area contributed by atoms with Crippen LogP contribution in [0.3, 0.4) is 0 Å². The maximum Gasteiger partial charge on any atom is 0.142 e. The van der Waals surface area contributed by atoms with Crippen LogP contribution in [0.15, 0.2) is 29.8 Å². The molecule has 0 aromatic carbocycles. The standard InChI is InChI=1S/C14H19N3OS/c1-3-18-9-11(2)16-8-12-10-19-14(17-12)13-6-4-5-7-15-13/h4-7,10-11,16H,3,8-9H2,1-2H3. The quantitative estimate of drug-likeness (QED) is 0.845. The molecular formula is C14H19N3OS. The Balaban J connectivity index is 1.88. The van der Waals surface area contributed by atoms with Gasteiger partial charge < -0.3 is 10.1 Å². The molecule has 0 saturated heterocycles. The average Bonchev–Trinajstić information content (AvgIpc) is 2.93. The molecule has 4 nitrogen and oxygen atoms in total. The van der Waals surface area contributed by atoms with Crippen molar-refractivity contribution in [1.82, 2.24) is 15.3 Å². The Bertz CT molecular complexity index is 486. The number of rotatable bonds is 7. The topological polar surface area (TPSA) is 47.0 Å². The lowest BCUT2D eigenvalue weighted by molar-refractivity contribution is 0.127. The van der Waals surface area contributed by atoms with Crippen molar-refractivity contribution < 1.29 is 4.74 Å². The Kier molecular flexibility index (Phi) is 5.44. The minimum Gasteiger partial charge on any atom is -0.380 e. The summed E-state index contributed by atoms with van der Waals surface area (Å²) in [5.41, 5.74) is 1.98. The van der Waals surface area contributed by atoms with Gasteiger partial charge >= 0.3 is 0 Å². The third-order valence-corrected chi connectivity index (χ3v) is 3.55. The molecule has 1 N–H and O–H groups in total. The van der Waals surface area contributed by atoms with Gasteiger partial charge in [0.25, 0.3) is 0 Å². The lowest BCUT2D eigenvalue weighted by Gasteiger charge is -2.12. The molecule has 2 aromatic heterocycles. The normalized spacial score (nSPS) is 12.5. The van der Waals surface area contributed by atoms with Gasteiger partial charge in [-0.3, -0.25) is 4.98 Å². The van der Waals surface area contributed by atoms with Gasteiger partial charge in [-0.05, 0) is 26.0 Å². The summed E-state index contributed by atoms with van der Waals surface area (Å²) in [7, 11) is 0. The number of hydrogen-bond donors (Lipinski definition) is 1. The van der Waals surface area contributed by atoms with Crippen LogP contribution in [0.4, 0.5) is 0 Å². The molecule has 0 spiro atoms. The Morgan fingerprint density at radius 2 is 2.32 bits per heavy atom. The predicted octanol–water partition coefficient (Wildman–Crippen LogP) is 2.72. The first kappa shape index (κ1) is 14.1. The van der Waals surface area contributed by atoms with E-state index in [0.717, 1.165) is 36.2 Å². The van der Waals surface area contributed by atoms with E-state index >= 15 is 0 Å². The van der Waals surface area contributed by atoms with Crippen LogP contribution in [-0.2, 0) is 11.3 Å². The number of nitrogens with one attached hydrogen (secondary N) is 1. The second-order valence-corrected chi connectivity index (χ2v) is 5.16. The van der Waals surface area contributed by atoms with Crippen molar-refractivity contribution in [1.29, 1.82) is 0 Å². The summed E-state index contributed by atoms with van der Waals surface area (Å²) in [4.78, 5) is 8.89. The third-order valence-electron chi connectivity index (χ3n) is 2.64. The molecule has 1 unspecified atom stereocenters. The highest BCUT2D eigenvalue weighted by Crippen LogP contribution is 2.21. The van der Waals surface area contributed by atoms with Crippen molar-refractivity contribution in [3.05, 3.63) is 35.5 Å². The van der Waals surface area contributed by atoms with Gasteiger partial charge in [0.2, 0.25) is 0 Å². The van der Waals surface area contributed by atoms with E-state index in [-0.39, 0.29) is 0 Å². The number of pyridine rings is 1. The Morgan fingerprint density at radius 3 is 3.05 bits per heavy atom. The van der Waals surface area contributed by atoms with Crippen molar-refractivity contribution in [2.75, 3.05) is 13.2 Å². The van der Waals surface area contributed by atoms with Gasteiger partial charge in [0.15, 0.2) is 0 Å². The largest absolute Gasteiger partial charge is 0.380 e. The van der Waals surface area contributed by atoms with E-state index in [9.17, 15) is 0 Å². The van der Waals surface area contributed by atoms with E-state index in [2.05, 4.69) is 27.6 Å². The van der Waals surface area contributed by atoms with E-state index in [1.807, 2.05) is 25.1 Å². The molecule has 0 aliphatic carbocycles. The Hall–Kier alpha value is -1.30. The summed E-state index contributed by atoms with van der Waals surface area (Å²) in [6.45, 7) is 6.37. The monoisotopic (exact) mass is 277 g/mol. The zero-order valence-corrected chi connectivity index (χ0v) is 12.1. The third kappa shape index (κ3) is 4.38. The van der Waals surface area contributed by atoms with Gasteiger partial charge in [-0.1, -0.05) is 6.07 Å². The number of aromatic nitrogens is 2. The fourth-order valence-corrected chi connectivity index (χ4v) is 2.42. The SMILES string of the molecule is CCOCC(C)NCc1csc(-c2ccccn2)n1. The van der Waals surface area contributed by atoms with Crippen LogP contribution < -0.4 is 5.32 Å². The van der Waals surface area contributed by atoms with E-state index < -0.39 is 0 Å². The fraction of sp³-hybridized carbons (Fsp3) is 0.429. The highest BCUT2D eigenvalue weighted by Gasteiger charge is 2.07. The first-order valence-corrected chi connectivity index (χ1v) is 7.34. The average molecular weight is 277 g/mol. The summed E-state index contributed by atoms with van der Waals surface area (Å²) < 4.78 is 5.37. The van der Waals surface area contributed by atoms with E-state index in [0.29, 0.717) is 6.04 Å². The molecule has 0 amide bonds. The number of nitrogens with zero attached hydrogens (tertiary/aromatic N) is 2. The summed E-state index contributed by atoms with van der Waals surface area (Å²) in [6.07, 6.45) is 1.79. The molecule has 2 rings (SSSR count). The Labute approximate surface area is 117 Å². The van der Waals surface area contributed by atoms with Gasteiger partial charge in [0.05, 0.1) is 18.0 Å². The second-order valence-electron chi connectivity index (χ2n) is 4.30. The second kappa shape index (κ2) is 7.33. The summed E-state index contributed by atoms with van der Waals surface area (Å²) in [5, 5.41) is 6.44. The molecule has 0 fully saturated rings. The highest BCUT2D eigenvalue weighted by molar-refractivity contribution is 7.13. The van der Waals surface area contributed by atoms with Gasteiger partial charge in [-0.2, -0.15) is 0 Å². The summed E-state index contributed by atoms with van der Waals surface area (Å²) >= 11 is 1.63. The molecule has 0 aliphatic heterocycles. The van der Waals surface area contributed by atoms with Gasteiger partial charge in [0, 0.05) is 30.8 Å². The molecule has 0 aliphatic rings. The van der Waals surface area contributed by atoms with E-state index in [4.69, 9.17) is 4.74 Å². The zero-order chi connectivity index (χ0) is 13.5. The number of hydrogen-bond acceptors (Lipinski definition) is 5. The minimum atomic E-state index is 0.333. The number of thiazole rings is 1. The summed E-state index contributed by atoms with van der Waals surface area (Å²) in [5.74, 6) is 0. The first-order valence-electron chi connectivity index (χ1n) is 6.46. The fourth-order valence-electron chi connectivity index (χ4n) is 1.63. The smallest absolute Gasteiger partial charge is 0.142 e. The number of ether oxygens (including phenoxy) is 1. The van der Waals surface area contributed by atoms with Crippen LogP contribution >= 0.6 is 11.3 Å². The zero-order valence-electron chi connectivity index (χ0n) is 11.3. The molecule has 0 bridgehead atoms. The van der Waals surface area contributed by atoms with Crippen LogP contribution in [0.25, 0.3) is 10.7 Å². The first-order chi connectivity index (χ1) is 9.29. The van der Waals surface area contributed by atoms with Crippen LogP contribution in [0.1, 0.15) is 19.5 Å². The van der Waals surface area contributed by atoms with Crippen molar-refractivity contribution >= 4 is 11.3 Å². The highest BCUT2D eigenvalue weighted by atomic mass is 32.1. The maximum atomic E-state index is 5.37. The van der Waals surface area contributed by atoms with Crippen molar-refractivity contribution in [2.45, 2.75) is 26.4 Å². The molecule has 102 valence electrons. The van der Waals surface area contributed by atoms with Crippen LogP contribution in [0, 0.1) is 0 Å². The van der Waals surface area contributed by atoms with Crippen LogP contribution in [0.2, 0.25) is 0 Å². The molecule has 2 aromatic rings. The maximum absolute atomic E-state index is 5.37. The van der Waals surface area contributed by atoms with Crippen LogP contribution in [-0.4, -0.2) is 29.2 Å². The molecule has 2 heterocycles. The van der Waals surface area contributed by atoms with E-state index in [1.54, 1.807) is 17.5 Å².